The smallest absolute Gasteiger partial charge is 0.255 e. The predicted molar refractivity (Wildman–Crippen MR) is 89.3 cm³/mol. The molecule has 0 spiro atoms. The van der Waals surface area contributed by atoms with Gasteiger partial charge in [-0.15, -0.1) is 0 Å². The zero-order valence-corrected chi connectivity index (χ0v) is 15.0. The highest BCUT2D eigenvalue weighted by Gasteiger charge is 2.43. The van der Waals surface area contributed by atoms with Crippen molar-refractivity contribution in [2.24, 2.45) is 5.92 Å². The molecular formula is C16H19Br2NO2. The average molecular weight is 417 g/mol. The topological polar surface area (TPSA) is 40.5 Å². The molecule has 0 radical (unpaired) electrons. The van der Waals surface area contributed by atoms with E-state index in [0.717, 1.165) is 34.6 Å². The maximum Gasteiger partial charge on any atom is 0.255 e. The van der Waals surface area contributed by atoms with Gasteiger partial charge in [-0.3, -0.25) is 4.79 Å². The number of carbonyl (C=O) groups is 1. The Hall–Kier alpha value is -0.390. The van der Waals surface area contributed by atoms with E-state index >= 15 is 0 Å². The highest BCUT2D eigenvalue weighted by molar-refractivity contribution is 9.11. The molecule has 1 heterocycles. The normalized spacial score (nSPS) is 29.1. The molecule has 2 unspecified atom stereocenters. The summed E-state index contributed by atoms with van der Waals surface area (Å²) in [6, 6.07) is 5.63. The molecular weight excluding hydrogens is 398 g/mol. The number of carbonyl (C=O) groups excluding carboxylic acids is 1. The van der Waals surface area contributed by atoms with Gasteiger partial charge in [-0.05, 0) is 53.4 Å². The van der Waals surface area contributed by atoms with Crippen molar-refractivity contribution in [3.05, 3.63) is 32.7 Å². The monoisotopic (exact) mass is 415 g/mol. The van der Waals surface area contributed by atoms with Gasteiger partial charge in [-0.2, -0.15) is 0 Å². The molecule has 1 amide bonds. The molecule has 5 heteroatoms. The lowest BCUT2D eigenvalue weighted by molar-refractivity contribution is -0.0886. The summed E-state index contributed by atoms with van der Waals surface area (Å²) >= 11 is 6.87. The zero-order valence-electron chi connectivity index (χ0n) is 11.8. The Morgan fingerprint density at radius 2 is 2.10 bits per heavy atom. The fourth-order valence-corrected chi connectivity index (χ4v) is 4.81. The quantitative estimate of drug-likeness (QED) is 0.752. The van der Waals surface area contributed by atoms with Crippen LogP contribution in [0.2, 0.25) is 0 Å². The lowest BCUT2D eigenvalue weighted by Gasteiger charge is -2.47. The standard InChI is InChI=1S/C16H19Br2NO2/c17-12-4-5-13(14(18)9-12)15(20)19-8-7-16(21)6-2-1-3-11(16)10-19/h4-5,9,11,21H,1-3,6-8,10H2. The third-order valence-corrected chi connectivity index (χ3v) is 6.03. The van der Waals surface area contributed by atoms with Crippen LogP contribution in [-0.2, 0) is 0 Å². The molecule has 1 aromatic carbocycles. The number of hydrogen-bond acceptors (Lipinski definition) is 2. The van der Waals surface area contributed by atoms with Crippen molar-refractivity contribution in [2.75, 3.05) is 13.1 Å². The van der Waals surface area contributed by atoms with Crippen LogP contribution in [0.15, 0.2) is 27.1 Å². The SMILES string of the molecule is O=C(c1ccc(Br)cc1Br)N1CCC2(O)CCCCC2C1. The van der Waals surface area contributed by atoms with Gasteiger partial charge in [0.05, 0.1) is 11.2 Å². The van der Waals surface area contributed by atoms with Gasteiger partial charge >= 0.3 is 0 Å². The lowest BCUT2D eigenvalue weighted by Crippen LogP contribution is -2.54. The van der Waals surface area contributed by atoms with Crippen molar-refractivity contribution in [1.29, 1.82) is 0 Å². The summed E-state index contributed by atoms with van der Waals surface area (Å²) in [5, 5.41) is 10.7. The van der Waals surface area contributed by atoms with Gasteiger partial charge in [0.25, 0.3) is 5.91 Å². The first kappa shape index (κ1) is 15.5. The maximum absolute atomic E-state index is 12.7. The molecule has 1 saturated heterocycles. The first-order chi connectivity index (χ1) is 9.99. The number of likely N-dealkylation sites (tertiary alicyclic amines) is 1. The summed E-state index contributed by atoms with van der Waals surface area (Å²) in [5.41, 5.74) is 0.158. The Labute approximate surface area is 142 Å². The van der Waals surface area contributed by atoms with Crippen LogP contribution in [0.25, 0.3) is 0 Å². The Bertz CT molecular complexity index is 563. The number of benzene rings is 1. The molecule has 1 aromatic rings. The number of nitrogens with zero attached hydrogens (tertiary/aromatic N) is 1. The second-order valence-electron chi connectivity index (χ2n) is 6.17. The van der Waals surface area contributed by atoms with E-state index in [-0.39, 0.29) is 11.8 Å². The predicted octanol–water partition coefficient (Wildman–Crippen LogP) is 3.98. The van der Waals surface area contributed by atoms with E-state index in [1.807, 2.05) is 23.1 Å². The Morgan fingerprint density at radius 3 is 2.86 bits per heavy atom. The summed E-state index contributed by atoms with van der Waals surface area (Å²) in [7, 11) is 0. The Morgan fingerprint density at radius 1 is 1.29 bits per heavy atom. The summed E-state index contributed by atoms with van der Waals surface area (Å²) in [4.78, 5) is 14.6. The number of piperidine rings is 1. The zero-order chi connectivity index (χ0) is 15.0. The highest BCUT2D eigenvalue weighted by Crippen LogP contribution is 2.40. The molecule has 2 atom stereocenters. The van der Waals surface area contributed by atoms with E-state index < -0.39 is 5.60 Å². The molecule has 3 rings (SSSR count). The summed E-state index contributed by atoms with van der Waals surface area (Å²) in [6.45, 7) is 1.33. The minimum absolute atomic E-state index is 0.0574. The summed E-state index contributed by atoms with van der Waals surface area (Å²) < 4.78 is 1.76. The minimum atomic E-state index is -0.536. The number of halogens is 2. The van der Waals surface area contributed by atoms with Crippen molar-refractivity contribution < 1.29 is 9.90 Å². The molecule has 3 nitrogen and oxygen atoms in total. The first-order valence-corrected chi connectivity index (χ1v) is 9.05. The molecule has 1 saturated carbocycles. The van der Waals surface area contributed by atoms with Gasteiger partial charge in [0, 0.05) is 28.0 Å². The van der Waals surface area contributed by atoms with Crippen LogP contribution >= 0.6 is 31.9 Å². The van der Waals surface area contributed by atoms with Crippen LogP contribution in [0.4, 0.5) is 0 Å². The fraction of sp³-hybridized carbons (Fsp3) is 0.562. The van der Waals surface area contributed by atoms with Gasteiger partial charge in [0.1, 0.15) is 0 Å². The molecule has 2 fully saturated rings. The van der Waals surface area contributed by atoms with Gasteiger partial charge in [0.15, 0.2) is 0 Å². The second kappa shape index (κ2) is 6.01. The van der Waals surface area contributed by atoms with Crippen molar-refractivity contribution in [2.45, 2.75) is 37.7 Å². The Balaban J connectivity index is 1.77. The molecule has 1 aliphatic carbocycles. The van der Waals surface area contributed by atoms with Crippen LogP contribution in [0, 0.1) is 5.92 Å². The third-order valence-electron chi connectivity index (χ3n) is 4.88. The van der Waals surface area contributed by atoms with Crippen molar-refractivity contribution in [3.8, 4) is 0 Å². The first-order valence-electron chi connectivity index (χ1n) is 7.46. The van der Waals surface area contributed by atoms with Crippen LogP contribution in [0.5, 0.6) is 0 Å². The van der Waals surface area contributed by atoms with E-state index in [9.17, 15) is 9.90 Å². The highest BCUT2D eigenvalue weighted by atomic mass is 79.9. The van der Waals surface area contributed by atoms with Crippen molar-refractivity contribution >= 4 is 37.8 Å². The molecule has 1 N–H and O–H groups in total. The van der Waals surface area contributed by atoms with Crippen molar-refractivity contribution in [3.63, 3.8) is 0 Å². The maximum atomic E-state index is 12.7. The summed E-state index contributed by atoms with van der Waals surface area (Å²) in [6.07, 6.45) is 4.90. The van der Waals surface area contributed by atoms with Crippen LogP contribution in [-0.4, -0.2) is 34.6 Å². The van der Waals surface area contributed by atoms with Crippen LogP contribution in [0.1, 0.15) is 42.5 Å². The third kappa shape index (κ3) is 3.06. The number of fused-ring (bicyclic) bond motifs is 1. The molecule has 114 valence electrons. The van der Waals surface area contributed by atoms with Crippen LogP contribution in [0.3, 0.4) is 0 Å². The average Bonchev–Trinajstić information content (AvgIpc) is 2.45. The number of amides is 1. The molecule has 0 aromatic heterocycles. The molecule has 1 aliphatic heterocycles. The largest absolute Gasteiger partial charge is 0.389 e. The number of rotatable bonds is 1. The molecule has 2 aliphatic rings. The fourth-order valence-electron chi connectivity index (χ4n) is 3.59. The van der Waals surface area contributed by atoms with Gasteiger partial charge < -0.3 is 10.0 Å². The Kier molecular flexibility index (Phi) is 4.44. The molecule has 21 heavy (non-hydrogen) atoms. The minimum Gasteiger partial charge on any atom is -0.389 e. The van der Waals surface area contributed by atoms with Crippen molar-refractivity contribution in [1.82, 2.24) is 4.90 Å². The van der Waals surface area contributed by atoms with E-state index in [0.29, 0.717) is 25.1 Å². The van der Waals surface area contributed by atoms with E-state index in [2.05, 4.69) is 31.9 Å². The van der Waals surface area contributed by atoms with Crippen LogP contribution < -0.4 is 0 Å². The van der Waals surface area contributed by atoms with Gasteiger partial charge in [0.2, 0.25) is 0 Å². The summed E-state index contributed by atoms with van der Waals surface area (Å²) in [5.74, 6) is 0.292. The van der Waals surface area contributed by atoms with Gasteiger partial charge in [-0.1, -0.05) is 28.8 Å². The van der Waals surface area contributed by atoms with E-state index in [1.165, 1.54) is 0 Å². The number of aliphatic hydroxyl groups is 1. The van der Waals surface area contributed by atoms with E-state index in [1.54, 1.807) is 0 Å². The molecule has 0 bridgehead atoms. The van der Waals surface area contributed by atoms with E-state index in [4.69, 9.17) is 0 Å². The number of hydrogen-bond donors (Lipinski definition) is 1. The lowest BCUT2D eigenvalue weighted by atomic mass is 9.71. The van der Waals surface area contributed by atoms with Gasteiger partial charge in [-0.25, -0.2) is 0 Å². The second-order valence-corrected chi connectivity index (χ2v) is 7.94.